The van der Waals surface area contributed by atoms with Gasteiger partial charge in [0.05, 0.1) is 14.2 Å². The molecule has 130 valence electrons. The second kappa shape index (κ2) is 7.11. The van der Waals surface area contributed by atoms with E-state index in [4.69, 9.17) is 9.47 Å². The van der Waals surface area contributed by atoms with Crippen LogP contribution >= 0.6 is 0 Å². The number of ketones is 1. The van der Waals surface area contributed by atoms with Crippen molar-refractivity contribution in [2.45, 2.75) is 13.0 Å². The molecule has 0 N–H and O–H groups in total. The van der Waals surface area contributed by atoms with E-state index in [1.54, 1.807) is 20.3 Å². The predicted molar refractivity (Wildman–Crippen MR) is 99.4 cm³/mol. The van der Waals surface area contributed by atoms with Crippen molar-refractivity contribution in [2.24, 2.45) is 0 Å². The van der Waals surface area contributed by atoms with Crippen molar-refractivity contribution in [2.75, 3.05) is 28.3 Å². The number of hydrogen-bond donors (Lipinski definition) is 0. The summed E-state index contributed by atoms with van der Waals surface area (Å²) in [5, 5.41) is 0. The maximum absolute atomic E-state index is 12.7. The summed E-state index contributed by atoms with van der Waals surface area (Å²) >= 11 is 0. The maximum Gasteiger partial charge on any atom is 0.189 e. The van der Waals surface area contributed by atoms with Crippen LogP contribution in [0.3, 0.4) is 0 Å². The molecule has 1 aliphatic carbocycles. The van der Waals surface area contributed by atoms with Crippen LogP contribution < -0.4 is 9.47 Å². The lowest BCUT2D eigenvalue weighted by Gasteiger charge is -2.09. The van der Waals surface area contributed by atoms with E-state index in [1.165, 1.54) is 5.56 Å². The molecule has 0 heterocycles. The number of Topliss-reactive ketones (excluding diaryl/α,β-unsaturated/α-hetero) is 1. The SMILES string of the molecule is COc1cc2c(cc1OC)C(=O)/C(=C/c1ccc(CN(C)C)cc1)C2. The average Bonchev–Trinajstić information content (AvgIpc) is 2.90. The quantitative estimate of drug-likeness (QED) is 0.782. The van der Waals surface area contributed by atoms with Gasteiger partial charge < -0.3 is 14.4 Å². The molecule has 0 saturated heterocycles. The molecule has 1 aliphatic rings. The van der Waals surface area contributed by atoms with Gasteiger partial charge in [0.2, 0.25) is 0 Å². The molecule has 0 radical (unpaired) electrons. The maximum atomic E-state index is 12.7. The molecule has 2 aromatic carbocycles. The van der Waals surface area contributed by atoms with Crippen molar-refractivity contribution >= 4 is 11.9 Å². The lowest BCUT2D eigenvalue weighted by atomic mass is 10.1. The summed E-state index contributed by atoms with van der Waals surface area (Å²) in [6.45, 7) is 0.904. The second-order valence-corrected chi connectivity index (χ2v) is 6.52. The topological polar surface area (TPSA) is 38.8 Å². The first kappa shape index (κ1) is 17.2. The highest BCUT2D eigenvalue weighted by Gasteiger charge is 2.27. The van der Waals surface area contributed by atoms with Gasteiger partial charge in [-0.15, -0.1) is 0 Å². The Morgan fingerprint density at radius 2 is 1.68 bits per heavy atom. The van der Waals surface area contributed by atoms with Crippen molar-refractivity contribution in [1.29, 1.82) is 0 Å². The molecule has 0 spiro atoms. The molecule has 0 aliphatic heterocycles. The number of allylic oxidation sites excluding steroid dienone is 1. The van der Waals surface area contributed by atoms with Gasteiger partial charge in [-0.3, -0.25) is 4.79 Å². The molecular formula is C21H23NO3. The number of hydrogen-bond acceptors (Lipinski definition) is 4. The van der Waals surface area contributed by atoms with E-state index in [1.807, 2.05) is 26.2 Å². The monoisotopic (exact) mass is 337 g/mol. The van der Waals surface area contributed by atoms with Gasteiger partial charge in [0, 0.05) is 24.1 Å². The van der Waals surface area contributed by atoms with E-state index in [0.717, 1.165) is 23.2 Å². The Kier molecular flexibility index (Phi) is 4.91. The Morgan fingerprint density at radius 1 is 1.04 bits per heavy atom. The molecule has 0 aromatic heterocycles. The summed E-state index contributed by atoms with van der Waals surface area (Å²) in [5.41, 5.74) is 4.78. The molecule has 2 aromatic rings. The van der Waals surface area contributed by atoms with E-state index in [9.17, 15) is 4.79 Å². The molecular weight excluding hydrogens is 314 g/mol. The molecule has 3 rings (SSSR count). The summed E-state index contributed by atoms with van der Waals surface area (Å²) < 4.78 is 10.6. The highest BCUT2D eigenvalue weighted by atomic mass is 16.5. The lowest BCUT2D eigenvalue weighted by molar-refractivity contribution is 0.104. The van der Waals surface area contributed by atoms with Crippen molar-refractivity contribution in [1.82, 2.24) is 4.90 Å². The summed E-state index contributed by atoms with van der Waals surface area (Å²) in [6.07, 6.45) is 2.59. The van der Waals surface area contributed by atoms with Crippen LogP contribution in [0.4, 0.5) is 0 Å². The van der Waals surface area contributed by atoms with Gasteiger partial charge in [-0.25, -0.2) is 0 Å². The predicted octanol–water partition coefficient (Wildman–Crippen LogP) is 3.59. The number of ether oxygens (including phenoxy) is 2. The van der Waals surface area contributed by atoms with E-state index < -0.39 is 0 Å². The van der Waals surface area contributed by atoms with Crippen molar-refractivity contribution in [3.8, 4) is 11.5 Å². The minimum Gasteiger partial charge on any atom is -0.493 e. The number of methoxy groups -OCH3 is 2. The van der Waals surface area contributed by atoms with Gasteiger partial charge in [0.1, 0.15) is 0 Å². The van der Waals surface area contributed by atoms with Gasteiger partial charge in [0.15, 0.2) is 17.3 Å². The minimum absolute atomic E-state index is 0.0633. The third-order valence-electron chi connectivity index (χ3n) is 4.35. The van der Waals surface area contributed by atoms with Crippen LogP contribution in [0.2, 0.25) is 0 Å². The minimum atomic E-state index is 0.0633. The summed E-state index contributed by atoms with van der Waals surface area (Å²) in [5.74, 6) is 1.31. The number of benzene rings is 2. The third-order valence-corrected chi connectivity index (χ3v) is 4.35. The zero-order valence-corrected chi connectivity index (χ0v) is 15.1. The van der Waals surface area contributed by atoms with Crippen LogP contribution in [-0.4, -0.2) is 39.0 Å². The fourth-order valence-electron chi connectivity index (χ4n) is 3.14. The fourth-order valence-corrected chi connectivity index (χ4v) is 3.14. The lowest BCUT2D eigenvalue weighted by Crippen LogP contribution is -2.10. The van der Waals surface area contributed by atoms with E-state index in [2.05, 4.69) is 29.2 Å². The number of fused-ring (bicyclic) bond motifs is 1. The molecule has 4 nitrogen and oxygen atoms in total. The van der Waals surface area contributed by atoms with Gasteiger partial charge in [-0.05, 0) is 49.0 Å². The number of carbonyl (C=O) groups is 1. The molecule has 0 amide bonds. The van der Waals surface area contributed by atoms with E-state index in [-0.39, 0.29) is 5.78 Å². The highest BCUT2D eigenvalue weighted by molar-refractivity contribution is 6.15. The molecule has 0 fully saturated rings. The van der Waals surface area contributed by atoms with Gasteiger partial charge >= 0.3 is 0 Å². The zero-order valence-electron chi connectivity index (χ0n) is 15.1. The third kappa shape index (κ3) is 3.59. The van der Waals surface area contributed by atoms with Crippen LogP contribution in [0.25, 0.3) is 6.08 Å². The van der Waals surface area contributed by atoms with Gasteiger partial charge in [-0.2, -0.15) is 0 Å². The molecule has 0 atom stereocenters. The standard InChI is InChI=1S/C21H23NO3/c1-22(2)13-15-7-5-14(6-8-15)9-17-10-16-11-19(24-3)20(25-4)12-18(16)21(17)23/h5-9,11-12H,10,13H2,1-4H3/b17-9+. The smallest absolute Gasteiger partial charge is 0.189 e. The molecule has 0 bridgehead atoms. The van der Waals surface area contributed by atoms with Crippen LogP contribution in [0, 0.1) is 0 Å². The number of carbonyl (C=O) groups excluding carboxylic acids is 1. The van der Waals surface area contributed by atoms with Gasteiger partial charge in [-0.1, -0.05) is 24.3 Å². The van der Waals surface area contributed by atoms with Crippen molar-refractivity contribution in [3.05, 3.63) is 64.2 Å². The van der Waals surface area contributed by atoms with Crippen molar-refractivity contribution < 1.29 is 14.3 Å². The molecule has 25 heavy (non-hydrogen) atoms. The zero-order chi connectivity index (χ0) is 18.0. The normalized spacial score (nSPS) is 14.9. The first-order valence-corrected chi connectivity index (χ1v) is 8.25. The van der Waals surface area contributed by atoms with E-state index in [0.29, 0.717) is 23.5 Å². The Bertz CT molecular complexity index is 820. The summed E-state index contributed by atoms with van der Waals surface area (Å²) in [4.78, 5) is 14.8. The van der Waals surface area contributed by atoms with Crippen LogP contribution in [0.1, 0.15) is 27.0 Å². The van der Waals surface area contributed by atoms with Crippen LogP contribution in [0.5, 0.6) is 11.5 Å². The molecule has 0 saturated carbocycles. The Labute approximate surface area is 148 Å². The number of nitrogens with zero attached hydrogens (tertiary/aromatic N) is 1. The van der Waals surface area contributed by atoms with E-state index >= 15 is 0 Å². The highest BCUT2D eigenvalue weighted by Crippen LogP contribution is 2.37. The fraction of sp³-hybridized carbons (Fsp3) is 0.286. The van der Waals surface area contributed by atoms with Crippen LogP contribution in [-0.2, 0) is 13.0 Å². The first-order valence-electron chi connectivity index (χ1n) is 8.25. The molecule has 4 heteroatoms. The Hall–Kier alpha value is -2.59. The van der Waals surface area contributed by atoms with Crippen LogP contribution in [0.15, 0.2) is 42.0 Å². The second-order valence-electron chi connectivity index (χ2n) is 6.52. The largest absolute Gasteiger partial charge is 0.493 e. The molecule has 0 unspecified atom stereocenters. The Balaban J connectivity index is 1.87. The van der Waals surface area contributed by atoms with Gasteiger partial charge in [0.25, 0.3) is 0 Å². The summed E-state index contributed by atoms with van der Waals surface area (Å²) in [7, 11) is 7.28. The Morgan fingerprint density at radius 3 is 2.28 bits per heavy atom. The number of rotatable bonds is 5. The first-order chi connectivity index (χ1) is 12.0. The van der Waals surface area contributed by atoms with Crippen molar-refractivity contribution in [3.63, 3.8) is 0 Å². The summed E-state index contributed by atoms with van der Waals surface area (Å²) in [6, 6.07) is 12.0. The average molecular weight is 337 g/mol.